The molecule has 3 N–H and O–H groups in total. The van der Waals surface area contributed by atoms with Gasteiger partial charge in [0.25, 0.3) is 0 Å². The van der Waals surface area contributed by atoms with Gasteiger partial charge in [0.15, 0.2) is 0 Å². The number of nitrogens with zero attached hydrogens (tertiary/aromatic N) is 1. The highest BCUT2D eigenvalue weighted by Crippen LogP contribution is 2.18. The van der Waals surface area contributed by atoms with E-state index in [1.54, 1.807) is 13.8 Å². The minimum Gasteiger partial charge on any atom is -0.481 e. The van der Waals surface area contributed by atoms with Crippen LogP contribution in [0.3, 0.4) is 0 Å². The summed E-state index contributed by atoms with van der Waals surface area (Å²) in [5.41, 5.74) is -1.37. The molecular weight excluding hydrogens is 246 g/mol. The second-order valence-electron chi connectivity index (χ2n) is 6.20. The summed E-state index contributed by atoms with van der Waals surface area (Å²) in [5, 5.41) is 14.9. The molecule has 1 aliphatic rings. The Hall–Kier alpha value is -1.14. The minimum absolute atomic E-state index is 0.0869. The zero-order valence-electron chi connectivity index (χ0n) is 12.2. The van der Waals surface area contributed by atoms with Crippen molar-refractivity contribution in [2.45, 2.75) is 45.2 Å². The van der Waals surface area contributed by atoms with Crippen molar-refractivity contribution in [1.29, 1.82) is 0 Å². The molecule has 1 fully saturated rings. The predicted octanol–water partition coefficient (Wildman–Crippen LogP) is 0.0397. The van der Waals surface area contributed by atoms with Crippen LogP contribution in [0.25, 0.3) is 0 Å². The summed E-state index contributed by atoms with van der Waals surface area (Å²) in [7, 11) is 0. The molecule has 19 heavy (non-hydrogen) atoms. The SMILES string of the molecule is CC(C)(CC(=O)O)NC(=O)C(C)(C)N1CCNCC1. The third-order valence-electron chi connectivity index (χ3n) is 3.51. The standard InChI is InChI=1S/C13H25N3O3/c1-12(2,9-10(17)18)15-11(19)13(3,4)16-7-5-14-6-8-16/h14H,5-9H2,1-4H3,(H,15,19)(H,17,18). The van der Waals surface area contributed by atoms with Gasteiger partial charge in [0.2, 0.25) is 5.91 Å². The van der Waals surface area contributed by atoms with Crippen LogP contribution in [0.5, 0.6) is 0 Å². The van der Waals surface area contributed by atoms with Crippen molar-refractivity contribution in [3.05, 3.63) is 0 Å². The molecule has 0 unspecified atom stereocenters. The molecule has 6 nitrogen and oxygen atoms in total. The smallest absolute Gasteiger partial charge is 0.305 e. The normalized spacial score (nSPS) is 18.1. The van der Waals surface area contributed by atoms with Gasteiger partial charge in [-0.15, -0.1) is 0 Å². The third kappa shape index (κ3) is 4.47. The van der Waals surface area contributed by atoms with Crippen molar-refractivity contribution < 1.29 is 14.7 Å². The molecular formula is C13H25N3O3. The molecule has 0 saturated carbocycles. The van der Waals surface area contributed by atoms with Gasteiger partial charge in [0, 0.05) is 31.7 Å². The number of carboxylic acids is 1. The van der Waals surface area contributed by atoms with E-state index in [1.165, 1.54) is 0 Å². The van der Waals surface area contributed by atoms with Gasteiger partial charge in [-0.05, 0) is 27.7 Å². The van der Waals surface area contributed by atoms with E-state index >= 15 is 0 Å². The van der Waals surface area contributed by atoms with Crippen LogP contribution in [-0.4, -0.2) is 59.1 Å². The van der Waals surface area contributed by atoms with Gasteiger partial charge in [0.1, 0.15) is 0 Å². The molecule has 6 heteroatoms. The van der Waals surface area contributed by atoms with E-state index in [9.17, 15) is 9.59 Å². The van der Waals surface area contributed by atoms with Crippen LogP contribution in [0.1, 0.15) is 34.1 Å². The Morgan fingerprint density at radius 3 is 2.21 bits per heavy atom. The van der Waals surface area contributed by atoms with Gasteiger partial charge in [-0.25, -0.2) is 0 Å². The summed E-state index contributed by atoms with van der Waals surface area (Å²) in [5.74, 6) is -1.04. The largest absolute Gasteiger partial charge is 0.481 e. The summed E-state index contributed by atoms with van der Waals surface area (Å²) in [6, 6.07) is 0. The number of rotatable bonds is 5. The zero-order valence-corrected chi connectivity index (χ0v) is 12.2. The molecule has 1 rings (SSSR count). The summed E-state index contributed by atoms with van der Waals surface area (Å²) >= 11 is 0. The fourth-order valence-corrected chi connectivity index (χ4v) is 2.25. The van der Waals surface area contributed by atoms with Crippen LogP contribution in [0.15, 0.2) is 0 Å². The van der Waals surface area contributed by atoms with Crippen molar-refractivity contribution in [2.75, 3.05) is 26.2 Å². The van der Waals surface area contributed by atoms with E-state index < -0.39 is 17.0 Å². The highest BCUT2D eigenvalue weighted by Gasteiger charge is 2.37. The first-order chi connectivity index (χ1) is 8.65. The lowest BCUT2D eigenvalue weighted by molar-refractivity contribution is -0.139. The number of hydrogen-bond acceptors (Lipinski definition) is 4. The van der Waals surface area contributed by atoms with Crippen LogP contribution < -0.4 is 10.6 Å². The Bertz CT molecular complexity index is 347. The van der Waals surface area contributed by atoms with Crippen LogP contribution in [-0.2, 0) is 9.59 Å². The quantitative estimate of drug-likeness (QED) is 0.658. The lowest BCUT2D eigenvalue weighted by Crippen LogP contribution is -2.62. The topological polar surface area (TPSA) is 81.7 Å². The number of nitrogens with one attached hydrogen (secondary N) is 2. The Balaban J connectivity index is 2.67. The number of piperazine rings is 1. The zero-order chi connectivity index (χ0) is 14.7. The van der Waals surface area contributed by atoms with Gasteiger partial charge in [-0.2, -0.15) is 0 Å². The molecule has 0 aromatic carbocycles. The van der Waals surface area contributed by atoms with Gasteiger partial charge in [-0.1, -0.05) is 0 Å². The maximum absolute atomic E-state index is 12.4. The molecule has 0 aromatic rings. The highest BCUT2D eigenvalue weighted by atomic mass is 16.4. The first-order valence-electron chi connectivity index (χ1n) is 6.65. The van der Waals surface area contributed by atoms with E-state index in [-0.39, 0.29) is 12.3 Å². The van der Waals surface area contributed by atoms with Crippen molar-refractivity contribution >= 4 is 11.9 Å². The molecule has 0 radical (unpaired) electrons. The van der Waals surface area contributed by atoms with E-state index in [0.29, 0.717) is 0 Å². The van der Waals surface area contributed by atoms with Gasteiger partial charge >= 0.3 is 5.97 Å². The summed E-state index contributed by atoms with van der Waals surface area (Å²) in [4.78, 5) is 25.3. The molecule has 1 amide bonds. The van der Waals surface area contributed by atoms with Gasteiger partial charge < -0.3 is 15.7 Å². The van der Waals surface area contributed by atoms with E-state index in [0.717, 1.165) is 26.2 Å². The Labute approximate surface area is 114 Å². The van der Waals surface area contributed by atoms with Gasteiger partial charge in [-0.3, -0.25) is 14.5 Å². The van der Waals surface area contributed by atoms with Crippen LogP contribution in [0.2, 0.25) is 0 Å². The molecule has 1 aliphatic heterocycles. The number of carboxylic acid groups (broad SMARTS) is 1. The third-order valence-corrected chi connectivity index (χ3v) is 3.51. The Morgan fingerprint density at radius 2 is 1.74 bits per heavy atom. The van der Waals surface area contributed by atoms with E-state index in [2.05, 4.69) is 15.5 Å². The molecule has 1 heterocycles. The molecule has 1 saturated heterocycles. The average molecular weight is 271 g/mol. The average Bonchev–Trinajstić information content (AvgIpc) is 2.27. The Kier molecular flexibility index (Phi) is 4.92. The highest BCUT2D eigenvalue weighted by molar-refractivity contribution is 5.86. The molecule has 0 aliphatic carbocycles. The number of aliphatic carboxylic acids is 1. The summed E-state index contributed by atoms with van der Waals surface area (Å²) in [6.07, 6.45) is -0.0869. The lowest BCUT2D eigenvalue weighted by Gasteiger charge is -2.41. The molecule has 0 aromatic heterocycles. The minimum atomic E-state index is -0.912. The number of carbonyl (C=O) groups is 2. The summed E-state index contributed by atoms with van der Waals surface area (Å²) < 4.78 is 0. The van der Waals surface area contributed by atoms with Crippen molar-refractivity contribution in [1.82, 2.24) is 15.5 Å². The van der Waals surface area contributed by atoms with Crippen LogP contribution in [0, 0.1) is 0 Å². The summed E-state index contributed by atoms with van der Waals surface area (Å²) in [6.45, 7) is 10.6. The molecule has 0 bridgehead atoms. The van der Waals surface area contributed by atoms with Crippen molar-refractivity contribution in [3.63, 3.8) is 0 Å². The first kappa shape index (κ1) is 15.9. The van der Waals surface area contributed by atoms with Crippen molar-refractivity contribution in [3.8, 4) is 0 Å². The predicted molar refractivity (Wildman–Crippen MR) is 73.0 cm³/mol. The fraction of sp³-hybridized carbons (Fsp3) is 0.846. The molecule has 0 spiro atoms. The van der Waals surface area contributed by atoms with Crippen LogP contribution >= 0.6 is 0 Å². The number of amides is 1. The van der Waals surface area contributed by atoms with Crippen LogP contribution in [0.4, 0.5) is 0 Å². The fourth-order valence-electron chi connectivity index (χ4n) is 2.25. The monoisotopic (exact) mass is 271 g/mol. The molecule has 0 atom stereocenters. The van der Waals surface area contributed by atoms with E-state index in [1.807, 2.05) is 13.8 Å². The maximum Gasteiger partial charge on any atom is 0.305 e. The number of hydrogen-bond donors (Lipinski definition) is 3. The second-order valence-corrected chi connectivity index (χ2v) is 6.20. The lowest BCUT2D eigenvalue weighted by atomic mass is 9.95. The van der Waals surface area contributed by atoms with E-state index in [4.69, 9.17) is 5.11 Å². The van der Waals surface area contributed by atoms with Gasteiger partial charge in [0.05, 0.1) is 12.0 Å². The molecule has 110 valence electrons. The number of carbonyl (C=O) groups excluding carboxylic acids is 1. The maximum atomic E-state index is 12.4. The first-order valence-corrected chi connectivity index (χ1v) is 6.65. The second kappa shape index (κ2) is 5.88. The van der Waals surface area contributed by atoms with Crippen molar-refractivity contribution in [2.24, 2.45) is 0 Å². The Morgan fingerprint density at radius 1 is 1.21 bits per heavy atom.